The Hall–Kier alpha value is -1.37. The van der Waals surface area contributed by atoms with Crippen molar-refractivity contribution < 1.29 is 15.0 Å². The lowest BCUT2D eigenvalue weighted by Gasteiger charge is -2.57. The number of ketones is 1. The lowest BCUT2D eigenvalue weighted by atomic mass is 9.48. The maximum absolute atomic E-state index is 11.8. The Morgan fingerprint density at radius 2 is 2.20 bits per heavy atom. The molecule has 0 aliphatic heterocycles. The molecule has 2 N–H and O–H groups in total. The van der Waals surface area contributed by atoms with Gasteiger partial charge in [0, 0.05) is 11.8 Å². The highest BCUT2D eigenvalue weighted by Gasteiger charge is 2.64. The van der Waals surface area contributed by atoms with Crippen molar-refractivity contribution >= 4 is 5.78 Å². The highest BCUT2D eigenvalue weighted by molar-refractivity contribution is 5.91. The zero-order chi connectivity index (χ0) is 18.0. The smallest absolute Gasteiger partial charge is 0.155 e. The Labute approximate surface area is 150 Å². The predicted octanol–water partition coefficient (Wildman–Crippen LogP) is 3.02. The number of hydrogen-bond donors (Lipinski definition) is 2. The van der Waals surface area contributed by atoms with Gasteiger partial charge >= 0.3 is 0 Å². The van der Waals surface area contributed by atoms with Crippen LogP contribution in [0.1, 0.15) is 51.9 Å². The minimum absolute atomic E-state index is 0.135. The number of hydrogen-bond acceptors (Lipinski definition) is 3. The monoisotopic (exact) mass is 340 g/mol. The van der Waals surface area contributed by atoms with E-state index in [0.29, 0.717) is 37.0 Å². The number of rotatable bonds is 1. The quantitative estimate of drug-likeness (QED) is 0.570. The SMILES string of the molecule is C#C[C@]1(O)CC[C@H]2[C@@H]3C[C@@H](O)C4=CC(=O)CC[C@@H]4[C@H]3C(=C)C[C@@]21CC. The fourth-order valence-electron chi connectivity index (χ4n) is 6.92. The standard InChI is InChI=1S/C22H28O3/c1-4-21-12-13(3)20-15-7-6-14(23)10-16(15)19(24)11-17(20)18(21)8-9-22(21,25)5-2/h2,10,15,17-20,24-25H,3-4,6-9,11-12H2,1H3/t15-,17-,18-,19+,20+,21-,22-/m0/s1. The molecule has 0 aromatic rings. The molecule has 0 unspecified atom stereocenters. The van der Waals surface area contributed by atoms with Crippen LogP contribution in [-0.4, -0.2) is 27.7 Å². The molecule has 3 heteroatoms. The van der Waals surface area contributed by atoms with E-state index < -0.39 is 11.7 Å². The van der Waals surface area contributed by atoms with Gasteiger partial charge in [-0.2, -0.15) is 0 Å². The van der Waals surface area contributed by atoms with E-state index >= 15 is 0 Å². The van der Waals surface area contributed by atoms with Crippen LogP contribution < -0.4 is 0 Å². The van der Waals surface area contributed by atoms with Gasteiger partial charge in [0.05, 0.1) is 6.10 Å². The summed E-state index contributed by atoms with van der Waals surface area (Å²) < 4.78 is 0. The topological polar surface area (TPSA) is 57.5 Å². The average molecular weight is 340 g/mol. The fraction of sp³-hybridized carbons (Fsp3) is 0.682. The van der Waals surface area contributed by atoms with Gasteiger partial charge < -0.3 is 10.2 Å². The summed E-state index contributed by atoms with van der Waals surface area (Å²) in [5.41, 5.74) is 0.707. The Morgan fingerprint density at radius 1 is 1.44 bits per heavy atom. The van der Waals surface area contributed by atoms with Crippen LogP contribution in [0.2, 0.25) is 0 Å². The van der Waals surface area contributed by atoms with Gasteiger partial charge in [-0.3, -0.25) is 4.79 Å². The lowest BCUT2D eigenvalue weighted by molar-refractivity contribution is -0.117. The van der Waals surface area contributed by atoms with Crippen molar-refractivity contribution in [2.75, 3.05) is 0 Å². The van der Waals surface area contributed by atoms with Crippen molar-refractivity contribution in [2.24, 2.45) is 29.1 Å². The predicted molar refractivity (Wildman–Crippen MR) is 96.4 cm³/mol. The Morgan fingerprint density at radius 3 is 2.88 bits per heavy atom. The highest BCUT2D eigenvalue weighted by atomic mass is 16.3. The van der Waals surface area contributed by atoms with Gasteiger partial charge in [-0.1, -0.05) is 25.0 Å². The summed E-state index contributed by atoms with van der Waals surface area (Å²) in [4.78, 5) is 11.8. The molecule has 0 spiro atoms. The first-order valence-corrected chi connectivity index (χ1v) is 9.67. The molecule has 0 bridgehead atoms. The molecule has 3 saturated carbocycles. The zero-order valence-corrected chi connectivity index (χ0v) is 15.0. The number of aliphatic hydroxyl groups excluding tert-OH is 1. The third-order valence-electron chi connectivity index (χ3n) is 7.98. The van der Waals surface area contributed by atoms with Crippen molar-refractivity contribution in [3.63, 3.8) is 0 Å². The number of aliphatic hydroxyl groups is 2. The van der Waals surface area contributed by atoms with Crippen molar-refractivity contribution in [3.8, 4) is 12.3 Å². The molecule has 134 valence electrons. The van der Waals surface area contributed by atoms with E-state index in [4.69, 9.17) is 6.42 Å². The third-order valence-corrected chi connectivity index (χ3v) is 7.98. The summed E-state index contributed by atoms with van der Waals surface area (Å²) in [7, 11) is 0. The van der Waals surface area contributed by atoms with E-state index in [9.17, 15) is 15.0 Å². The van der Waals surface area contributed by atoms with Crippen LogP contribution in [0.25, 0.3) is 0 Å². The van der Waals surface area contributed by atoms with Gasteiger partial charge in [-0.25, -0.2) is 0 Å². The van der Waals surface area contributed by atoms with Gasteiger partial charge in [0.15, 0.2) is 5.78 Å². The normalized spacial score (nSPS) is 48.9. The van der Waals surface area contributed by atoms with E-state index in [2.05, 4.69) is 19.4 Å². The fourth-order valence-corrected chi connectivity index (χ4v) is 6.92. The van der Waals surface area contributed by atoms with Crippen LogP contribution in [0.5, 0.6) is 0 Å². The van der Waals surface area contributed by atoms with E-state index in [-0.39, 0.29) is 17.1 Å². The summed E-state index contributed by atoms with van der Waals surface area (Å²) >= 11 is 0. The molecular weight excluding hydrogens is 312 g/mol. The van der Waals surface area contributed by atoms with Crippen LogP contribution in [0.3, 0.4) is 0 Å². The van der Waals surface area contributed by atoms with Crippen molar-refractivity contribution in [2.45, 2.75) is 63.6 Å². The van der Waals surface area contributed by atoms with Gasteiger partial charge in [0.25, 0.3) is 0 Å². The molecular formula is C22H28O3. The minimum atomic E-state index is -1.07. The van der Waals surface area contributed by atoms with E-state index in [1.807, 2.05) is 0 Å². The average Bonchev–Trinajstić information content (AvgIpc) is 2.89. The molecule has 0 aromatic heterocycles. The molecule has 7 atom stereocenters. The first-order valence-electron chi connectivity index (χ1n) is 9.67. The van der Waals surface area contributed by atoms with Crippen molar-refractivity contribution in [3.05, 3.63) is 23.8 Å². The zero-order valence-electron chi connectivity index (χ0n) is 15.0. The van der Waals surface area contributed by atoms with Crippen LogP contribution >= 0.6 is 0 Å². The second kappa shape index (κ2) is 5.56. The molecule has 3 nitrogen and oxygen atoms in total. The molecule has 4 aliphatic rings. The Balaban J connectivity index is 1.77. The summed E-state index contributed by atoms with van der Waals surface area (Å²) in [6, 6.07) is 0. The number of allylic oxidation sites excluding steroid dienone is 1. The van der Waals surface area contributed by atoms with E-state index in [0.717, 1.165) is 36.8 Å². The maximum atomic E-state index is 11.8. The van der Waals surface area contributed by atoms with Crippen LogP contribution in [0, 0.1) is 41.4 Å². The number of fused-ring (bicyclic) bond motifs is 5. The second-order valence-corrected chi connectivity index (χ2v) is 8.69. The number of carbonyl (C=O) groups is 1. The molecule has 3 fully saturated rings. The molecule has 25 heavy (non-hydrogen) atoms. The molecule has 0 heterocycles. The maximum Gasteiger partial charge on any atom is 0.155 e. The van der Waals surface area contributed by atoms with Gasteiger partial charge in [-0.15, -0.1) is 6.42 Å². The minimum Gasteiger partial charge on any atom is -0.389 e. The largest absolute Gasteiger partial charge is 0.389 e. The molecule has 0 amide bonds. The third kappa shape index (κ3) is 2.11. The van der Waals surface area contributed by atoms with Crippen molar-refractivity contribution in [1.82, 2.24) is 0 Å². The molecule has 0 aromatic carbocycles. The number of carbonyl (C=O) groups excluding carboxylic acids is 1. The first kappa shape index (κ1) is 17.1. The summed E-state index contributed by atoms with van der Waals surface area (Å²) in [5.74, 6) is 4.02. The second-order valence-electron chi connectivity index (χ2n) is 8.69. The lowest BCUT2D eigenvalue weighted by Crippen LogP contribution is -2.55. The van der Waals surface area contributed by atoms with Crippen LogP contribution in [0.15, 0.2) is 23.8 Å². The van der Waals surface area contributed by atoms with Crippen LogP contribution in [0.4, 0.5) is 0 Å². The summed E-state index contributed by atoms with van der Waals surface area (Å²) in [6.45, 7) is 6.54. The Bertz CT molecular complexity index is 699. The summed E-state index contributed by atoms with van der Waals surface area (Å²) in [5, 5.41) is 21.9. The number of terminal acetylenes is 1. The van der Waals surface area contributed by atoms with Gasteiger partial charge in [0.1, 0.15) is 5.60 Å². The summed E-state index contributed by atoms with van der Waals surface area (Å²) in [6.07, 6.45) is 12.1. The first-order chi connectivity index (χ1) is 11.9. The van der Waals surface area contributed by atoms with Crippen LogP contribution in [-0.2, 0) is 4.79 Å². The van der Waals surface area contributed by atoms with Crippen molar-refractivity contribution in [1.29, 1.82) is 0 Å². The van der Waals surface area contributed by atoms with Gasteiger partial charge in [-0.05, 0) is 73.8 Å². The molecule has 0 radical (unpaired) electrons. The molecule has 0 saturated heterocycles. The molecule has 4 aliphatic carbocycles. The molecule has 4 rings (SSSR count). The van der Waals surface area contributed by atoms with E-state index in [1.165, 1.54) is 0 Å². The van der Waals surface area contributed by atoms with E-state index in [1.54, 1.807) is 6.08 Å². The van der Waals surface area contributed by atoms with Gasteiger partial charge in [0.2, 0.25) is 0 Å². The Kier molecular flexibility index (Phi) is 3.80. The highest BCUT2D eigenvalue weighted by Crippen LogP contribution is 2.67.